The molecule has 3 saturated carbocycles. The van der Waals surface area contributed by atoms with Crippen LogP contribution in [0.25, 0.3) is 0 Å². The van der Waals surface area contributed by atoms with Gasteiger partial charge in [-0.1, -0.05) is 199 Å². The highest BCUT2D eigenvalue weighted by Crippen LogP contribution is 2.64. The fourth-order valence-corrected chi connectivity index (χ4v) is 12.8. The Morgan fingerprint density at radius 2 is 0.471 bits per heavy atom. The van der Waals surface area contributed by atoms with Crippen LogP contribution < -0.4 is 0 Å². The average molecular weight is 719 g/mol. The summed E-state index contributed by atoms with van der Waals surface area (Å²) >= 11 is 0. The van der Waals surface area contributed by atoms with Crippen LogP contribution in [0.4, 0.5) is 0 Å². The molecule has 4 fully saturated rings. The maximum absolute atomic E-state index is 5.61. The summed E-state index contributed by atoms with van der Waals surface area (Å²) in [5, 5.41) is 0. The van der Waals surface area contributed by atoms with Gasteiger partial charge in [0, 0.05) is 12.0 Å². The Hall–Kier alpha value is -0.0400. The Morgan fingerprint density at radius 3 is 0.549 bits per heavy atom. The second kappa shape index (κ2) is 16.2. The minimum absolute atomic E-state index is 0. The van der Waals surface area contributed by atoms with E-state index in [4.69, 9.17) is 4.74 Å². The van der Waals surface area contributed by atoms with Crippen LogP contribution in [0.1, 0.15) is 244 Å². The third-order valence-corrected chi connectivity index (χ3v) is 16.4. The van der Waals surface area contributed by atoms with Crippen molar-refractivity contribution < 1.29 is 4.74 Å². The van der Waals surface area contributed by atoms with Gasteiger partial charge in [0.05, 0.1) is 6.61 Å². The largest absolute Gasteiger partial charge is 0.381 e. The zero-order valence-electron chi connectivity index (χ0n) is 39.6. The summed E-state index contributed by atoms with van der Waals surface area (Å²) in [5.41, 5.74) is 5.60. The maximum Gasteiger partial charge on any atom is 0.0533 e. The van der Waals surface area contributed by atoms with Crippen LogP contribution >= 0.6 is 0 Å². The summed E-state index contributed by atoms with van der Waals surface area (Å²) in [5.74, 6) is 0. The van der Waals surface area contributed by atoms with Crippen molar-refractivity contribution in [3.05, 3.63) is 0 Å². The molecule has 0 aromatic carbocycles. The van der Waals surface area contributed by atoms with Crippen LogP contribution in [-0.4, -0.2) is 13.2 Å². The van der Waals surface area contributed by atoms with Crippen LogP contribution in [0.2, 0.25) is 0 Å². The molecule has 0 aromatic heterocycles. The minimum atomic E-state index is 0. The second-order valence-electron chi connectivity index (χ2n) is 26.0. The fourth-order valence-electron chi connectivity index (χ4n) is 12.8. The molecule has 0 unspecified atom stereocenters. The standard InChI is InChI=1S/C13H26.C12H24O.2C12H24.CH4/c1-11(2,3)13(12(4,5)6)9-7-8-10-13;1-10(2,3)12(11(4,5)6)7-8-13-9-12;2*1-10(2,3)12(8-7-9-12)11(4,5)6;/h7-10H2,1-6H3;7-9H2,1-6H3;2*7-9H2,1-6H3;1H4. The normalized spacial score (nSPS) is 23.1. The van der Waals surface area contributed by atoms with Gasteiger partial charge in [0.25, 0.3) is 0 Å². The zero-order valence-corrected chi connectivity index (χ0v) is 39.6. The molecule has 1 saturated heterocycles. The highest BCUT2D eigenvalue weighted by molar-refractivity contribution is 5.05. The monoisotopic (exact) mass is 719 g/mol. The molecule has 3 aliphatic carbocycles. The molecule has 1 nitrogen and oxygen atoms in total. The molecule has 0 N–H and O–H groups in total. The van der Waals surface area contributed by atoms with E-state index in [2.05, 4.69) is 166 Å². The van der Waals surface area contributed by atoms with Crippen LogP contribution in [0.15, 0.2) is 0 Å². The van der Waals surface area contributed by atoms with E-state index in [0.29, 0.717) is 65.0 Å². The Kier molecular flexibility index (Phi) is 16.2. The van der Waals surface area contributed by atoms with Crippen molar-refractivity contribution in [3.8, 4) is 0 Å². The van der Waals surface area contributed by atoms with Crippen molar-refractivity contribution >= 4 is 0 Å². The van der Waals surface area contributed by atoms with Gasteiger partial charge >= 0.3 is 0 Å². The van der Waals surface area contributed by atoms with Gasteiger partial charge in [-0.15, -0.1) is 0 Å². The van der Waals surface area contributed by atoms with Gasteiger partial charge in [-0.3, -0.25) is 0 Å². The molecular weight excluding hydrogens is 617 g/mol. The zero-order chi connectivity index (χ0) is 39.9. The molecule has 308 valence electrons. The van der Waals surface area contributed by atoms with E-state index < -0.39 is 0 Å². The first-order valence-corrected chi connectivity index (χ1v) is 21.4. The van der Waals surface area contributed by atoms with E-state index in [9.17, 15) is 0 Å². The summed E-state index contributed by atoms with van der Waals surface area (Å²) in [7, 11) is 0. The van der Waals surface area contributed by atoms with Crippen LogP contribution in [0, 0.1) is 65.0 Å². The predicted molar refractivity (Wildman–Crippen MR) is 234 cm³/mol. The first-order chi connectivity index (χ1) is 21.8. The molecule has 4 aliphatic rings. The van der Waals surface area contributed by atoms with Crippen LogP contribution in [-0.2, 0) is 4.74 Å². The number of ether oxygens (including phenoxy) is 1. The van der Waals surface area contributed by atoms with Gasteiger partial charge in [-0.25, -0.2) is 0 Å². The predicted octanol–water partition coefficient (Wildman–Crippen LogP) is 17.3. The third-order valence-electron chi connectivity index (χ3n) is 16.4. The van der Waals surface area contributed by atoms with Crippen molar-refractivity contribution in [3.63, 3.8) is 0 Å². The number of hydrogen-bond acceptors (Lipinski definition) is 1. The van der Waals surface area contributed by atoms with E-state index in [1.165, 1.54) is 70.6 Å². The van der Waals surface area contributed by atoms with Crippen molar-refractivity contribution in [2.24, 2.45) is 65.0 Å². The lowest BCUT2D eigenvalue weighted by Gasteiger charge is -2.60. The summed E-state index contributed by atoms with van der Waals surface area (Å²) < 4.78 is 5.61. The Bertz CT molecular complexity index is 858. The summed E-state index contributed by atoms with van der Waals surface area (Å²) in [6, 6.07) is 0. The SMILES string of the molecule is C.CC(C)(C)C1(C(C)(C)C)CCC1.CC(C)(C)C1(C(C)(C)C)CCC1.CC(C)(C)C1(C(C)(C)C)CCCC1.CC(C)(C)C1(C(C)(C)C)CCOC1. The molecule has 0 amide bonds. The summed E-state index contributed by atoms with van der Waals surface area (Å²) in [6.07, 6.45) is 15.5. The average Bonchev–Trinajstić information content (AvgIpc) is 3.45. The van der Waals surface area contributed by atoms with E-state index in [0.717, 1.165) is 13.2 Å². The van der Waals surface area contributed by atoms with Gasteiger partial charge in [0.15, 0.2) is 0 Å². The Labute approximate surface area is 326 Å². The molecule has 0 bridgehead atoms. The van der Waals surface area contributed by atoms with Crippen molar-refractivity contribution in [1.82, 2.24) is 0 Å². The summed E-state index contributed by atoms with van der Waals surface area (Å²) in [6.45, 7) is 59.2. The first kappa shape index (κ1) is 51.0. The van der Waals surface area contributed by atoms with Gasteiger partial charge in [0.2, 0.25) is 0 Å². The van der Waals surface area contributed by atoms with Gasteiger partial charge < -0.3 is 4.74 Å². The molecule has 1 heteroatoms. The molecule has 0 spiro atoms. The molecule has 0 radical (unpaired) electrons. The smallest absolute Gasteiger partial charge is 0.0533 e. The van der Waals surface area contributed by atoms with Gasteiger partial charge in [-0.05, 0) is 105 Å². The maximum atomic E-state index is 5.61. The van der Waals surface area contributed by atoms with Crippen LogP contribution in [0.3, 0.4) is 0 Å². The number of rotatable bonds is 0. The van der Waals surface area contributed by atoms with Crippen molar-refractivity contribution in [1.29, 1.82) is 0 Å². The molecule has 1 aliphatic heterocycles. The third kappa shape index (κ3) is 10.2. The quantitative estimate of drug-likeness (QED) is 0.242. The van der Waals surface area contributed by atoms with E-state index in [-0.39, 0.29) is 7.43 Å². The molecule has 51 heavy (non-hydrogen) atoms. The Balaban J connectivity index is 0.000000650. The highest BCUT2D eigenvalue weighted by atomic mass is 16.5. The lowest BCUT2D eigenvalue weighted by Crippen LogP contribution is -2.51. The van der Waals surface area contributed by atoms with Crippen LogP contribution in [0.5, 0.6) is 0 Å². The first-order valence-electron chi connectivity index (χ1n) is 21.4. The summed E-state index contributed by atoms with van der Waals surface area (Å²) in [4.78, 5) is 0. The molecule has 0 aromatic rings. The lowest BCUT2D eigenvalue weighted by atomic mass is 9.45. The Morgan fingerprint density at radius 1 is 0.275 bits per heavy atom. The molecular formula is C50H102O. The van der Waals surface area contributed by atoms with Gasteiger partial charge in [-0.2, -0.15) is 0 Å². The highest BCUT2D eigenvalue weighted by Gasteiger charge is 2.55. The second-order valence-corrected chi connectivity index (χ2v) is 26.0. The minimum Gasteiger partial charge on any atom is -0.381 e. The van der Waals surface area contributed by atoms with E-state index in [1.54, 1.807) is 0 Å². The molecule has 0 atom stereocenters. The lowest BCUT2D eigenvalue weighted by molar-refractivity contribution is -0.100. The van der Waals surface area contributed by atoms with E-state index in [1.807, 2.05) is 0 Å². The molecule has 4 rings (SSSR count). The topological polar surface area (TPSA) is 9.23 Å². The van der Waals surface area contributed by atoms with Crippen molar-refractivity contribution in [2.75, 3.05) is 13.2 Å². The molecule has 1 heterocycles. The van der Waals surface area contributed by atoms with E-state index >= 15 is 0 Å². The van der Waals surface area contributed by atoms with Crippen molar-refractivity contribution in [2.45, 2.75) is 244 Å². The fraction of sp³-hybridized carbons (Fsp3) is 1.00. The van der Waals surface area contributed by atoms with Gasteiger partial charge in [0.1, 0.15) is 0 Å². The number of hydrogen-bond donors (Lipinski definition) is 0.